The van der Waals surface area contributed by atoms with Crippen LogP contribution in [0.2, 0.25) is 0 Å². The summed E-state index contributed by atoms with van der Waals surface area (Å²) in [6, 6.07) is 10.3. The lowest BCUT2D eigenvalue weighted by atomic mass is 10.1. The lowest BCUT2D eigenvalue weighted by molar-refractivity contribution is -0.123. The topological polar surface area (TPSA) is 41.1 Å². The normalized spacial score (nSPS) is 24.4. The largest absolute Gasteiger partial charge is 0.303 e. The molecule has 2 fully saturated rings. The van der Waals surface area contributed by atoms with Crippen LogP contribution in [0, 0.1) is 5.92 Å². The molecule has 2 aliphatic carbocycles. The minimum atomic E-state index is 0.115. The number of hydrogen-bond donors (Lipinski definition) is 2. The van der Waals surface area contributed by atoms with E-state index in [0.29, 0.717) is 5.92 Å². The molecular weight excluding hydrogens is 224 g/mol. The Balaban J connectivity index is 1.52. The molecule has 1 amide bonds. The molecule has 18 heavy (non-hydrogen) atoms. The Kier molecular flexibility index (Phi) is 2.82. The Labute approximate surface area is 107 Å². The summed E-state index contributed by atoms with van der Waals surface area (Å²) in [7, 11) is 0. The number of carbonyl (C=O) groups is 1. The van der Waals surface area contributed by atoms with Crippen LogP contribution in [0.25, 0.3) is 0 Å². The van der Waals surface area contributed by atoms with E-state index < -0.39 is 0 Å². The summed E-state index contributed by atoms with van der Waals surface area (Å²) in [6.07, 6.45) is 3.31. The standard InChI is InChI=1S/C15H18N2O/c1-10(11-7-8-11)16-17-15(18)14-9-13(14)12-5-3-2-4-6-12/h2-6,13-14,16H,7-9H2,1H3,(H,17,18). The first-order valence-electron chi connectivity index (χ1n) is 6.55. The van der Waals surface area contributed by atoms with E-state index in [1.165, 1.54) is 24.0 Å². The fourth-order valence-corrected chi connectivity index (χ4v) is 2.33. The number of amides is 1. The molecule has 0 heterocycles. The van der Waals surface area contributed by atoms with Gasteiger partial charge in [0.05, 0.1) is 0 Å². The molecule has 0 saturated heterocycles. The fourth-order valence-electron chi connectivity index (χ4n) is 2.33. The van der Waals surface area contributed by atoms with Crippen LogP contribution < -0.4 is 10.9 Å². The third kappa shape index (κ3) is 2.40. The third-order valence-corrected chi connectivity index (χ3v) is 3.76. The van der Waals surface area contributed by atoms with Crippen molar-refractivity contribution < 1.29 is 4.79 Å². The quantitative estimate of drug-likeness (QED) is 0.796. The van der Waals surface area contributed by atoms with Crippen LogP contribution in [-0.4, -0.2) is 5.91 Å². The third-order valence-electron chi connectivity index (χ3n) is 3.76. The first-order chi connectivity index (χ1) is 8.75. The molecule has 2 N–H and O–H groups in total. The molecular formula is C15H18N2O. The Hall–Kier alpha value is -1.77. The van der Waals surface area contributed by atoms with Gasteiger partial charge in [-0.05, 0) is 43.2 Å². The smallest absolute Gasteiger partial charge is 0.242 e. The Bertz CT molecular complexity index is 486. The number of allylic oxidation sites excluding steroid dienone is 2. The summed E-state index contributed by atoms with van der Waals surface area (Å²) in [4.78, 5) is 11.9. The molecule has 94 valence electrons. The van der Waals surface area contributed by atoms with Crippen molar-refractivity contribution in [3.05, 3.63) is 47.2 Å². The van der Waals surface area contributed by atoms with Gasteiger partial charge in [-0.15, -0.1) is 0 Å². The lowest BCUT2D eigenvalue weighted by Crippen LogP contribution is -2.37. The zero-order valence-corrected chi connectivity index (χ0v) is 10.6. The molecule has 2 unspecified atom stereocenters. The Morgan fingerprint density at radius 1 is 1.17 bits per heavy atom. The number of carbonyl (C=O) groups excluding carboxylic acids is 1. The maximum absolute atomic E-state index is 11.9. The number of benzene rings is 1. The highest BCUT2D eigenvalue weighted by Crippen LogP contribution is 2.47. The average molecular weight is 242 g/mol. The summed E-state index contributed by atoms with van der Waals surface area (Å²) in [5.74, 6) is 0.656. The van der Waals surface area contributed by atoms with Crippen LogP contribution in [0.5, 0.6) is 0 Å². The number of nitrogens with one attached hydrogen (secondary N) is 2. The monoisotopic (exact) mass is 242 g/mol. The second kappa shape index (κ2) is 4.48. The van der Waals surface area contributed by atoms with Gasteiger partial charge in [-0.3, -0.25) is 10.2 Å². The highest BCUT2D eigenvalue weighted by Gasteiger charge is 2.43. The van der Waals surface area contributed by atoms with Gasteiger partial charge in [0.1, 0.15) is 0 Å². The molecule has 3 rings (SSSR count). The van der Waals surface area contributed by atoms with E-state index >= 15 is 0 Å². The van der Waals surface area contributed by atoms with Crippen LogP contribution in [0.4, 0.5) is 0 Å². The first-order valence-corrected chi connectivity index (χ1v) is 6.55. The van der Waals surface area contributed by atoms with E-state index in [1.807, 2.05) is 25.1 Å². The predicted octanol–water partition coefficient (Wildman–Crippen LogP) is 2.48. The van der Waals surface area contributed by atoms with Crippen molar-refractivity contribution in [2.75, 3.05) is 0 Å². The molecule has 2 saturated carbocycles. The van der Waals surface area contributed by atoms with Gasteiger partial charge in [0.2, 0.25) is 5.91 Å². The van der Waals surface area contributed by atoms with E-state index in [9.17, 15) is 4.79 Å². The highest BCUT2D eigenvalue weighted by atomic mass is 16.2. The SMILES string of the molecule is CC(NNC(=O)C1CC1c1ccccc1)=C1CC1. The summed E-state index contributed by atoms with van der Waals surface area (Å²) in [5.41, 5.74) is 9.64. The van der Waals surface area contributed by atoms with Gasteiger partial charge >= 0.3 is 0 Å². The van der Waals surface area contributed by atoms with Crippen LogP contribution >= 0.6 is 0 Å². The molecule has 1 aromatic carbocycles. The molecule has 0 bridgehead atoms. The van der Waals surface area contributed by atoms with Gasteiger partial charge in [-0.2, -0.15) is 0 Å². The van der Waals surface area contributed by atoms with E-state index in [2.05, 4.69) is 23.0 Å². The molecule has 3 nitrogen and oxygen atoms in total. The van der Waals surface area contributed by atoms with Crippen LogP contribution in [-0.2, 0) is 4.79 Å². The van der Waals surface area contributed by atoms with E-state index in [-0.39, 0.29) is 11.8 Å². The van der Waals surface area contributed by atoms with Crippen molar-refractivity contribution in [1.82, 2.24) is 10.9 Å². The lowest BCUT2D eigenvalue weighted by Gasteiger charge is -2.08. The molecule has 0 aromatic heterocycles. The van der Waals surface area contributed by atoms with Gasteiger partial charge in [0.15, 0.2) is 0 Å². The van der Waals surface area contributed by atoms with E-state index in [1.54, 1.807) is 0 Å². The van der Waals surface area contributed by atoms with Crippen LogP contribution in [0.15, 0.2) is 41.6 Å². The maximum Gasteiger partial charge on any atom is 0.242 e. The van der Waals surface area contributed by atoms with Gasteiger partial charge < -0.3 is 5.43 Å². The van der Waals surface area contributed by atoms with Crippen LogP contribution in [0.3, 0.4) is 0 Å². The molecule has 0 spiro atoms. The second-order valence-electron chi connectivity index (χ2n) is 5.20. The number of rotatable bonds is 4. The summed E-state index contributed by atoms with van der Waals surface area (Å²) >= 11 is 0. The van der Waals surface area contributed by atoms with Crippen molar-refractivity contribution in [3.8, 4) is 0 Å². The first kappa shape index (κ1) is 11.3. The minimum Gasteiger partial charge on any atom is -0.303 e. The van der Waals surface area contributed by atoms with Crippen molar-refractivity contribution >= 4 is 5.91 Å². The minimum absolute atomic E-state index is 0.115. The maximum atomic E-state index is 11.9. The summed E-state index contributed by atoms with van der Waals surface area (Å²) in [5, 5.41) is 0. The van der Waals surface area contributed by atoms with Crippen molar-refractivity contribution in [2.45, 2.75) is 32.1 Å². The van der Waals surface area contributed by atoms with Crippen molar-refractivity contribution in [2.24, 2.45) is 5.92 Å². The van der Waals surface area contributed by atoms with Gasteiger partial charge in [-0.1, -0.05) is 30.3 Å². The second-order valence-corrected chi connectivity index (χ2v) is 5.20. The number of hydrazine groups is 1. The highest BCUT2D eigenvalue weighted by molar-refractivity contribution is 5.82. The molecule has 0 aliphatic heterocycles. The predicted molar refractivity (Wildman–Crippen MR) is 70.5 cm³/mol. The Morgan fingerprint density at radius 3 is 2.56 bits per heavy atom. The van der Waals surface area contributed by atoms with Crippen molar-refractivity contribution in [3.63, 3.8) is 0 Å². The molecule has 1 aromatic rings. The fraction of sp³-hybridized carbons (Fsp3) is 0.400. The van der Waals surface area contributed by atoms with Gasteiger partial charge in [-0.25, -0.2) is 0 Å². The summed E-state index contributed by atoms with van der Waals surface area (Å²) < 4.78 is 0. The van der Waals surface area contributed by atoms with Gasteiger partial charge in [0, 0.05) is 11.6 Å². The molecule has 2 aliphatic rings. The zero-order valence-electron chi connectivity index (χ0n) is 10.6. The van der Waals surface area contributed by atoms with Crippen LogP contribution in [0.1, 0.15) is 37.7 Å². The van der Waals surface area contributed by atoms with Crippen molar-refractivity contribution in [1.29, 1.82) is 0 Å². The molecule has 2 atom stereocenters. The van der Waals surface area contributed by atoms with E-state index in [4.69, 9.17) is 0 Å². The summed E-state index contributed by atoms with van der Waals surface area (Å²) in [6.45, 7) is 2.02. The molecule has 0 radical (unpaired) electrons. The Morgan fingerprint density at radius 2 is 1.89 bits per heavy atom. The zero-order chi connectivity index (χ0) is 12.5. The average Bonchev–Trinajstić information content (AvgIpc) is 3.29. The number of hydrogen-bond acceptors (Lipinski definition) is 2. The molecule has 3 heteroatoms. The van der Waals surface area contributed by atoms with E-state index in [0.717, 1.165) is 12.1 Å². The van der Waals surface area contributed by atoms with Gasteiger partial charge in [0.25, 0.3) is 0 Å².